The van der Waals surface area contributed by atoms with Gasteiger partial charge in [0, 0.05) is 56.2 Å². The summed E-state index contributed by atoms with van der Waals surface area (Å²) in [6.45, 7) is 0. The van der Waals surface area contributed by atoms with Gasteiger partial charge in [0.25, 0.3) is 0 Å². The molecule has 5 heteroatoms. The van der Waals surface area contributed by atoms with E-state index in [1.165, 1.54) is 82.8 Å². The van der Waals surface area contributed by atoms with E-state index in [0.29, 0.717) is 0 Å². The number of thiophene rings is 1. The van der Waals surface area contributed by atoms with Crippen LogP contribution in [-0.2, 0) is 0 Å². The second-order valence-corrected chi connectivity index (χ2v) is 19.3. The summed E-state index contributed by atoms with van der Waals surface area (Å²) in [4.78, 5) is 5.55. The topological polar surface area (TPSA) is 4.93 Å². The minimum Gasteiger partial charge on any atom is -0.309 e. The Bertz CT molecular complexity index is 2650. The van der Waals surface area contributed by atoms with E-state index in [2.05, 4.69) is 156 Å². The summed E-state index contributed by atoms with van der Waals surface area (Å²) in [7, 11) is -2.69. The van der Waals surface area contributed by atoms with Gasteiger partial charge in [0.1, 0.15) is 0 Å². The molecule has 0 amide bonds. The van der Waals surface area contributed by atoms with Crippen LogP contribution in [0, 0.1) is 0 Å². The Kier molecular flexibility index (Phi) is 5.51. The summed E-state index contributed by atoms with van der Waals surface area (Å²) in [5.41, 5.74) is 3.74. The van der Waals surface area contributed by atoms with E-state index >= 15 is 0 Å². The Morgan fingerprint density at radius 2 is 0.957 bits per heavy atom. The van der Waals surface area contributed by atoms with Crippen molar-refractivity contribution in [3.05, 3.63) is 152 Å². The van der Waals surface area contributed by atoms with Gasteiger partial charge >= 0.3 is 0 Å². The fraction of sp³-hybridized carbons (Fsp3) is 0. The third-order valence-electron chi connectivity index (χ3n) is 10.1. The molecule has 4 heterocycles. The first-order chi connectivity index (χ1) is 23.3. The first kappa shape index (κ1) is 26.5. The lowest BCUT2D eigenvalue weighted by Gasteiger charge is -2.44. The highest BCUT2D eigenvalue weighted by Gasteiger charge is 2.51. The van der Waals surface area contributed by atoms with Gasteiger partial charge in [-0.2, -0.15) is 0 Å². The highest BCUT2D eigenvalue weighted by atomic mass is 32.2. The van der Waals surface area contributed by atoms with Crippen LogP contribution >= 0.6 is 34.9 Å². The number of hydrogen-bond donors (Lipinski definition) is 0. The molecule has 0 atom stereocenters. The number of hydrogen-bond acceptors (Lipinski definition) is 3. The number of nitrogens with zero attached hydrogens (tertiary/aromatic N) is 1. The molecule has 0 saturated carbocycles. The lowest BCUT2D eigenvalue weighted by molar-refractivity contribution is 1.14. The van der Waals surface area contributed by atoms with Crippen LogP contribution < -0.4 is 20.7 Å². The van der Waals surface area contributed by atoms with E-state index in [1.807, 2.05) is 34.9 Å². The third-order valence-corrected chi connectivity index (χ3v) is 19.2. The number of aromatic nitrogens is 1. The van der Waals surface area contributed by atoms with Crippen molar-refractivity contribution in [2.24, 2.45) is 0 Å². The molecule has 11 rings (SSSR count). The first-order valence-electron chi connectivity index (χ1n) is 15.9. The van der Waals surface area contributed by atoms with Crippen molar-refractivity contribution in [1.82, 2.24) is 4.57 Å². The van der Waals surface area contributed by atoms with Crippen molar-refractivity contribution in [3.63, 3.8) is 0 Å². The van der Waals surface area contributed by atoms with Crippen LogP contribution in [-0.4, -0.2) is 12.6 Å². The minimum absolute atomic E-state index is 1.23. The molecule has 0 fully saturated rings. The van der Waals surface area contributed by atoms with Crippen molar-refractivity contribution in [2.45, 2.75) is 19.6 Å². The summed E-state index contributed by atoms with van der Waals surface area (Å²) >= 11 is 5.82. The Morgan fingerprint density at radius 3 is 1.62 bits per heavy atom. The highest BCUT2D eigenvalue weighted by molar-refractivity contribution is 8.01. The van der Waals surface area contributed by atoms with Crippen molar-refractivity contribution in [2.75, 3.05) is 0 Å². The molecule has 0 bridgehead atoms. The van der Waals surface area contributed by atoms with Crippen LogP contribution in [0.2, 0.25) is 0 Å². The van der Waals surface area contributed by atoms with Gasteiger partial charge in [0.05, 0.1) is 11.0 Å². The van der Waals surface area contributed by atoms with Crippen LogP contribution in [0.15, 0.2) is 171 Å². The van der Waals surface area contributed by atoms with E-state index in [-0.39, 0.29) is 0 Å². The minimum atomic E-state index is -2.69. The summed E-state index contributed by atoms with van der Waals surface area (Å²) in [5, 5.41) is 11.4. The van der Waals surface area contributed by atoms with Crippen LogP contribution in [0.5, 0.6) is 0 Å². The molecule has 0 unspecified atom stereocenters. The predicted octanol–water partition coefficient (Wildman–Crippen LogP) is 9.46. The molecule has 0 saturated heterocycles. The molecule has 7 aromatic carbocycles. The van der Waals surface area contributed by atoms with E-state index in [0.717, 1.165) is 0 Å². The smallest absolute Gasteiger partial charge is 0.184 e. The predicted molar refractivity (Wildman–Crippen MR) is 206 cm³/mol. The largest absolute Gasteiger partial charge is 0.309 e. The van der Waals surface area contributed by atoms with E-state index in [1.54, 1.807) is 5.19 Å². The lowest BCUT2D eigenvalue weighted by atomic mass is 10.1. The quantitative estimate of drug-likeness (QED) is 0.169. The van der Waals surface area contributed by atoms with E-state index < -0.39 is 8.07 Å². The maximum atomic E-state index is 2.56. The maximum Gasteiger partial charge on any atom is 0.184 e. The Hall–Kier alpha value is -4.52. The van der Waals surface area contributed by atoms with Gasteiger partial charge in [0.15, 0.2) is 8.07 Å². The van der Waals surface area contributed by atoms with Crippen molar-refractivity contribution >= 4 is 106 Å². The molecular weight excluding hydrogens is 643 g/mol. The third kappa shape index (κ3) is 3.52. The Morgan fingerprint density at radius 1 is 0.426 bits per heavy atom. The molecule has 2 aliphatic rings. The zero-order chi connectivity index (χ0) is 30.7. The van der Waals surface area contributed by atoms with Gasteiger partial charge in [-0.05, 0) is 69.3 Å². The van der Waals surface area contributed by atoms with Crippen molar-refractivity contribution in [3.8, 4) is 5.69 Å². The Balaban J connectivity index is 1.27. The fourth-order valence-corrected chi connectivity index (χ4v) is 18.7. The standard InChI is InChI=1S/C42H25NS3Si/c1-4-14-32-28(11-1)29-12-2-5-15-33(29)43(32)26-23-38-42-39(24-26)46-37-18-8-10-20-41(37)47(42,40-19-9-7-17-36(40)45-38)27-21-22-35-31(25-27)30-13-3-6-16-34(30)44-35/h1-25H. The first-order valence-corrected chi connectivity index (χ1v) is 20.4. The molecular formula is C42H25NS3Si. The zero-order valence-corrected chi connectivity index (χ0v) is 28.6. The molecule has 2 aliphatic heterocycles. The molecule has 9 aromatic rings. The number of rotatable bonds is 2. The molecule has 2 aromatic heterocycles. The lowest BCUT2D eigenvalue weighted by Crippen LogP contribution is -2.78. The molecule has 1 nitrogen and oxygen atoms in total. The van der Waals surface area contributed by atoms with E-state index in [4.69, 9.17) is 0 Å². The number of fused-ring (bicyclic) bond motifs is 10. The highest BCUT2D eigenvalue weighted by Crippen LogP contribution is 2.44. The van der Waals surface area contributed by atoms with Crippen LogP contribution in [0.3, 0.4) is 0 Å². The Labute approximate surface area is 285 Å². The molecule has 220 valence electrons. The maximum absolute atomic E-state index is 2.69. The summed E-state index contributed by atoms with van der Waals surface area (Å²) in [6.07, 6.45) is 0. The van der Waals surface area contributed by atoms with Gasteiger partial charge in [-0.1, -0.05) is 127 Å². The zero-order valence-electron chi connectivity index (χ0n) is 25.1. The van der Waals surface area contributed by atoms with Gasteiger partial charge in [-0.25, -0.2) is 0 Å². The molecule has 0 spiro atoms. The van der Waals surface area contributed by atoms with Crippen molar-refractivity contribution < 1.29 is 0 Å². The molecule has 0 aliphatic carbocycles. The SMILES string of the molecule is c1ccc2c(c1)Sc1cc(-n3c4ccccc4c4ccccc43)cc3c1[Si]2(c1ccc2sc4ccccc4c2c1)c1ccccc1S3. The van der Waals surface area contributed by atoms with E-state index in [9.17, 15) is 0 Å². The van der Waals surface area contributed by atoms with Gasteiger partial charge in [0.2, 0.25) is 0 Å². The number of para-hydroxylation sites is 2. The molecule has 47 heavy (non-hydrogen) atoms. The fourth-order valence-electron chi connectivity index (χ4n) is 8.23. The van der Waals surface area contributed by atoms with Crippen LogP contribution in [0.1, 0.15) is 0 Å². The molecule has 0 radical (unpaired) electrons. The van der Waals surface area contributed by atoms with Gasteiger partial charge in [-0.3, -0.25) is 0 Å². The second-order valence-electron chi connectivity index (χ2n) is 12.4. The van der Waals surface area contributed by atoms with Gasteiger partial charge in [-0.15, -0.1) is 11.3 Å². The summed E-state index contributed by atoms with van der Waals surface area (Å²) < 4.78 is 5.20. The van der Waals surface area contributed by atoms with Crippen LogP contribution in [0.4, 0.5) is 0 Å². The summed E-state index contributed by atoms with van der Waals surface area (Å²) in [5.74, 6) is 0. The van der Waals surface area contributed by atoms with Crippen molar-refractivity contribution in [1.29, 1.82) is 0 Å². The monoisotopic (exact) mass is 667 g/mol. The average Bonchev–Trinajstić information content (AvgIpc) is 3.67. The summed E-state index contributed by atoms with van der Waals surface area (Å²) in [6, 6.07) is 57.5. The normalized spacial score (nSPS) is 14.4. The van der Waals surface area contributed by atoms with Crippen LogP contribution in [0.25, 0.3) is 47.7 Å². The molecule has 0 N–H and O–H groups in total. The average molecular weight is 668 g/mol. The second kappa shape index (κ2) is 9.75. The van der Waals surface area contributed by atoms with Gasteiger partial charge < -0.3 is 4.57 Å². The number of benzene rings is 7.